The molecule has 6 rings (SSSR count). The molecule has 0 saturated carbocycles. The Balaban J connectivity index is 1.51. The highest BCUT2D eigenvalue weighted by Gasteiger charge is 2.59. The molecule has 0 bridgehead atoms. The average molecular weight is 479 g/mol. The summed E-state index contributed by atoms with van der Waals surface area (Å²) in [6, 6.07) is 38.0. The van der Waals surface area contributed by atoms with Gasteiger partial charge in [-0.2, -0.15) is 0 Å². The van der Waals surface area contributed by atoms with Crippen molar-refractivity contribution in [1.82, 2.24) is 5.06 Å². The molecule has 2 fully saturated rings. The first-order valence-corrected chi connectivity index (χ1v) is 12.3. The lowest BCUT2D eigenvalue weighted by molar-refractivity contribution is -0.198. The van der Waals surface area contributed by atoms with Gasteiger partial charge in [0.2, 0.25) is 0 Å². The topological polar surface area (TPSA) is 34.2 Å². The Hall–Kier alpha value is -3.80. The van der Waals surface area contributed by atoms with E-state index in [4.69, 9.17) is 14.3 Å². The summed E-state index contributed by atoms with van der Waals surface area (Å²) in [7, 11) is 3.34. The Morgan fingerprint density at radius 3 is 2.03 bits per heavy atom. The lowest BCUT2D eigenvalue weighted by Gasteiger charge is -2.33. The van der Waals surface area contributed by atoms with Gasteiger partial charge in [-0.15, -0.1) is 5.06 Å². The molecule has 5 heteroatoms. The summed E-state index contributed by atoms with van der Waals surface area (Å²) in [5.41, 5.74) is 4.37. The van der Waals surface area contributed by atoms with Gasteiger partial charge in [-0.25, -0.2) is 0 Å². The number of para-hydroxylation sites is 1. The van der Waals surface area contributed by atoms with Crippen LogP contribution in [-0.2, 0) is 10.4 Å². The summed E-state index contributed by atoms with van der Waals surface area (Å²) in [4.78, 5) is 9.34. The molecule has 2 aliphatic heterocycles. The Morgan fingerprint density at radius 2 is 1.36 bits per heavy atom. The smallest absolute Gasteiger partial charge is 0.161 e. The van der Waals surface area contributed by atoms with Gasteiger partial charge in [0.25, 0.3) is 0 Å². The fraction of sp³-hybridized carbons (Fsp3) is 0.226. The van der Waals surface area contributed by atoms with Crippen molar-refractivity contribution in [3.8, 4) is 11.5 Å². The van der Waals surface area contributed by atoms with Crippen LogP contribution in [0.3, 0.4) is 0 Å². The van der Waals surface area contributed by atoms with Crippen molar-refractivity contribution in [1.29, 1.82) is 0 Å². The predicted octanol–water partition coefficient (Wildman–Crippen LogP) is 6.50. The van der Waals surface area contributed by atoms with E-state index in [1.165, 1.54) is 11.1 Å². The van der Waals surface area contributed by atoms with Gasteiger partial charge in [-0.05, 0) is 41.0 Å². The first kappa shape index (κ1) is 22.7. The Bertz CT molecular complexity index is 1320. The lowest BCUT2D eigenvalue weighted by atomic mass is 9.84. The summed E-state index contributed by atoms with van der Waals surface area (Å²) in [5.74, 6) is 1.42. The van der Waals surface area contributed by atoms with Crippen molar-refractivity contribution in [2.45, 2.75) is 24.2 Å². The van der Waals surface area contributed by atoms with Crippen LogP contribution in [0.25, 0.3) is 0 Å². The van der Waals surface area contributed by atoms with Crippen LogP contribution in [0.5, 0.6) is 11.5 Å². The zero-order valence-corrected chi connectivity index (χ0v) is 20.6. The van der Waals surface area contributed by atoms with Gasteiger partial charge in [0, 0.05) is 18.7 Å². The molecule has 2 aliphatic rings. The molecule has 0 unspecified atom stereocenters. The van der Waals surface area contributed by atoms with E-state index in [0.717, 1.165) is 24.2 Å². The molecule has 4 aromatic rings. The molecule has 0 aromatic heterocycles. The van der Waals surface area contributed by atoms with Crippen molar-refractivity contribution >= 4 is 5.69 Å². The highest BCUT2D eigenvalue weighted by Crippen LogP contribution is 2.57. The van der Waals surface area contributed by atoms with E-state index >= 15 is 0 Å². The number of nitrogens with zero attached hydrogens (tertiary/aromatic N) is 2. The highest BCUT2D eigenvalue weighted by atomic mass is 16.7. The van der Waals surface area contributed by atoms with Crippen LogP contribution >= 0.6 is 0 Å². The lowest BCUT2D eigenvalue weighted by Crippen LogP contribution is -2.37. The van der Waals surface area contributed by atoms with Crippen LogP contribution < -0.4 is 14.4 Å². The third-order valence-corrected chi connectivity index (χ3v) is 7.41. The Labute approximate surface area is 212 Å². The molecule has 0 radical (unpaired) electrons. The summed E-state index contributed by atoms with van der Waals surface area (Å²) >= 11 is 0. The molecule has 36 heavy (non-hydrogen) atoms. The molecule has 182 valence electrons. The minimum absolute atomic E-state index is 0.0352. The molecule has 3 atom stereocenters. The van der Waals surface area contributed by atoms with E-state index in [9.17, 15) is 0 Å². The third-order valence-electron chi connectivity index (χ3n) is 7.41. The third kappa shape index (κ3) is 3.72. The van der Waals surface area contributed by atoms with Crippen LogP contribution in [0.1, 0.15) is 35.4 Å². The minimum atomic E-state index is -0.324. The number of hydroxylamine groups is 2. The Kier molecular flexibility index (Phi) is 5.88. The number of methoxy groups -OCH3 is 2. The van der Waals surface area contributed by atoms with Crippen molar-refractivity contribution in [2.75, 3.05) is 25.7 Å². The van der Waals surface area contributed by atoms with E-state index in [2.05, 4.69) is 113 Å². The second-order valence-electron chi connectivity index (χ2n) is 9.38. The molecule has 0 amide bonds. The SMILES string of the molecule is COc1ccc([C@H]2N(c3ccccc3)C[C@]3(c4ccccc4)C[C@@H](c4ccccc4)ON23)cc1OC. The van der Waals surface area contributed by atoms with Crippen LogP contribution in [0, 0.1) is 0 Å². The second-order valence-corrected chi connectivity index (χ2v) is 9.38. The zero-order chi connectivity index (χ0) is 24.5. The number of hydrogen-bond acceptors (Lipinski definition) is 5. The molecule has 2 heterocycles. The number of anilines is 1. The zero-order valence-electron chi connectivity index (χ0n) is 20.6. The predicted molar refractivity (Wildman–Crippen MR) is 141 cm³/mol. The van der Waals surface area contributed by atoms with Gasteiger partial charge >= 0.3 is 0 Å². The molecule has 0 N–H and O–H groups in total. The average Bonchev–Trinajstić information content (AvgIpc) is 3.49. The molecule has 2 saturated heterocycles. The fourth-order valence-corrected chi connectivity index (χ4v) is 5.70. The number of fused-ring (bicyclic) bond motifs is 1. The van der Waals surface area contributed by atoms with Crippen molar-refractivity contribution in [2.24, 2.45) is 0 Å². The van der Waals surface area contributed by atoms with E-state index in [0.29, 0.717) is 11.5 Å². The summed E-state index contributed by atoms with van der Waals surface area (Å²) in [5, 5.41) is 2.23. The Morgan fingerprint density at radius 1 is 0.722 bits per heavy atom. The van der Waals surface area contributed by atoms with Gasteiger partial charge in [0.15, 0.2) is 11.5 Å². The highest BCUT2D eigenvalue weighted by molar-refractivity contribution is 5.54. The van der Waals surface area contributed by atoms with Crippen molar-refractivity contribution < 1.29 is 14.3 Å². The van der Waals surface area contributed by atoms with Crippen molar-refractivity contribution in [3.63, 3.8) is 0 Å². The van der Waals surface area contributed by atoms with E-state index in [1.807, 2.05) is 6.07 Å². The normalized spacial score (nSPS) is 23.4. The number of hydrogen-bond donors (Lipinski definition) is 0. The summed E-state index contributed by atoms with van der Waals surface area (Å²) < 4.78 is 11.2. The largest absolute Gasteiger partial charge is 0.493 e. The van der Waals surface area contributed by atoms with Crippen LogP contribution in [0.15, 0.2) is 109 Å². The van der Waals surface area contributed by atoms with Crippen LogP contribution in [0.2, 0.25) is 0 Å². The van der Waals surface area contributed by atoms with Gasteiger partial charge in [0.05, 0.1) is 19.8 Å². The molecule has 5 nitrogen and oxygen atoms in total. The van der Waals surface area contributed by atoms with Crippen LogP contribution in [0.4, 0.5) is 5.69 Å². The monoisotopic (exact) mass is 478 g/mol. The van der Waals surface area contributed by atoms with Gasteiger partial charge in [-0.3, -0.25) is 4.84 Å². The number of rotatable bonds is 6. The first-order valence-electron chi connectivity index (χ1n) is 12.3. The minimum Gasteiger partial charge on any atom is -0.493 e. The molecule has 0 spiro atoms. The van der Waals surface area contributed by atoms with Gasteiger partial charge in [0.1, 0.15) is 12.3 Å². The van der Waals surface area contributed by atoms with E-state index in [1.54, 1.807) is 14.2 Å². The maximum Gasteiger partial charge on any atom is 0.161 e. The summed E-state index contributed by atoms with van der Waals surface area (Å²) in [6.07, 6.45) is 0.668. The van der Waals surface area contributed by atoms with E-state index in [-0.39, 0.29) is 17.8 Å². The quantitative estimate of drug-likeness (QED) is 0.316. The molecular weight excluding hydrogens is 448 g/mol. The fourth-order valence-electron chi connectivity index (χ4n) is 5.70. The molecular formula is C31H30N2O3. The maximum absolute atomic E-state index is 6.90. The van der Waals surface area contributed by atoms with Gasteiger partial charge in [-0.1, -0.05) is 84.9 Å². The number of ether oxygens (including phenoxy) is 2. The second kappa shape index (κ2) is 9.34. The number of benzene rings is 4. The molecule has 4 aromatic carbocycles. The summed E-state index contributed by atoms with van der Waals surface area (Å²) in [6.45, 7) is 0.795. The van der Waals surface area contributed by atoms with Crippen LogP contribution in [-0.4, -0.2) is 25.8 Å². The van der Waals surface area contributed by atoms with E-state index < -0.39 is 0 Å². The maximum atomic E-state index is 6.90. The molecule has 0 aliphatic carbocycles. The standard InChI is InChI=1S/C31H30N2O3/c1-34-27-19-18-24(20-28(27)35-2)30-32(26-16-10-5-11-17-26)22-31(25-14-8-4-9-15-25)21-29(36-33(30)31)23-12-6-3-7-13-23/h3-20,29-30H,21-22H2,1-2H3/t29-,30-,31-/m0/s1. The first-order chi connectivity index (χ1) is 17.7. The van der Waals surface area contributed by atoms with Crippen molar-refractivity contribution in [3.05, 3.63) is 126 Å². The van der Waals surface area contributed by atoms with Gasteiger partial charge < -0.3 is 14.4 Å².